The molecular weight excluding hydrogens is 312 g/mol. The zero-order valence-corrected chi connectivity index (χ0v) is 15.2. The van der Waals surface area contributed by atoms with Gasteiger partial charge < -0.3 is 0 Å². The molecule has 1 aliphatic rings. The van der Waals surface area contributed by atoms with Crippen molar-refractivity contribution in [3.63, 3.8) is 0 Å². The van der Waals surface area contributed by atoms with E-state index in [1.54, 1.807) is 0 Å². The van der Waals surface area contributed by atoms with Crippen molar-refractivity contribution < 1.29 is 0 Å². The normalized spacial score (nSPS) is 16.5. The maximum absolute atomic E-state index is 2.45. The summed E-state index contributed by atoms with van der Waals surface area (Å²) in [6, 6.07) is 32.5. The maximum atomic E-state index is 2.45. The molecule has 1 aliphatic carbocycles. The van der Waals surface area contributed by atoms with Crippen molar-refractivity contribution in [3.8, 4) is 0 Å². The van der Waals surface area contributed by atoms with E-state index in [4.69, 9.17) is 0 Å². The third-order valence-electron chi connectivity index (χ3n) is 5.58. The standard InChI is InChI=1S/C26H24/c1-26(23-13-7-3-8-14-23,24-15-9-4-10-16-24)25-18-17-22(20-25)19-21-11-5-2-6-12-21/h2-18,20,25H,19H2,1H3. The largest absolute Gasteiger partial charge is 0.0761 e. The van der Waals surface area contributed by atoms with Crippen LogP contribution in [0.2, 0.25) is 0 Å². The van der Waals surface area contributed by atoms with Crippen LogP contribution in [0.5, 0.6) is 0 Å². The lowest BCUT2D eigenvalue weighted by Gasteiger charge is -2.35. The van der Waals surface area contributed by atoms with Crippen molar-refractivity contribution in [3.05, 3.63) is 131 Å². The van der Waals surface area contributed by atoms with Crippen LogP contribution in [0.1, 0.15) is 23.6 Å². The lowest BCUT2D eigenvalue weighted by molar-refractivity contribution is 0.487. The Labute approximate surface area is 156 Å². The van der Waals surface area contributed by atoms with E-state index in [1.165, 1.54) is 22.3 Å². The van der Waals surface area contributed by atoms with Crippen molar-refractivity contribution in [2.75, 3.05) is 0 Å². The molecule has 26 heavy (non-hydrogen) atoms. The highest BCUT2D eigenvalue weighted by molar-refractivity contribution is 5.46. The van der Waals surface area contributed by atoms with Crippen LogP contribution in [-0.2, 0) is 11.8 Å². The number of allylic oxidation sites excluding steroid dienone is 4. The quantitative estimate of drug-likeness (QED) is 0.509. The monoisotopic (exact) mass is 336 g/mol. The minimum absolute atomic E-state index is 0.0720. The average Bonchev–Trinajstić information content (AvgIpc) is 3.18. The maximum Gasteiger partial charge on any atom is 0.0272 e. The molecule has 0 heteroatoms. The molecule has 3 aromatic rings. The number of benzene rings is 3. The topological polar surface area (TPSA) is 0 Å². The van der Waals surface area contributed by atoms with Crippen molar-refractivity contribution in [2.45, 2.75) is 18.8 Å². The molecule has 0 amide bonds. The Morgan fingerprint density at radius 1 is 0.692 bits per heavy atom. The third-order valence-corrected chi connectivity index (χ3v) is 5.58. The minimum Gasteiger partial charge on any atom is -0.0761 e. The fourth-order valence-electron chi connectivity index (χ4n) is 4.00. The molecule has 0 aromatic heterocycles. The van der Waals surface area contributed by atoms with Gasteiger partial charge in [-0.3, -0.25) is 0 Å². The van der Waals surface area contributed by atoms with Gasteiger partial charge in [0.15, 0.2) is 0 Å². The van der Waals surface area contributed by atoms with E-state index in [0.717, 1.165) is 6.42 Å². The van der Waals surface area contributed by atoms with Gasteiger partial charge in [0, 0.05) is 11.3 Å². The van der Waals surface area contributed by atoms with Gasteiger partial charge in [-0.1, -0.05) is 116 Å². The van der Waals surface area contributed by atoms with E-state index in [2.05, 4.69) is 116 Å². The van der Waals surface area contributed by atoms with Crippen LogP contribution in [0.25, 0.3) is 0 Å². The highest BCUT2D eigenvalue weighted by atomic mass is 14.4. The first-order valence-electron chi connectivity index (χ1n) is 9.31. The molecule has 0 N–H and O–H groups in total. The Morgan fingerprint density at radius 2 is 1.19 bits per heavy atom. The molecule has 0 heterocycles. The second-order valence-corrected chi connectivity index (χ2v) is 7.22. The van der Waals surface area contributed by atoms with E-state index >= 15 is 0 Å². The molecule has 0 nitrogen and oxygen atoms in total. The van der Waals surface area contributed by atoms with Gasteiger partial charge >= 0.3 is 0 Å². The summed E-state index contributed by atoms with van der Waals surface area (Å²) in [5.41, 5.74) is 5.41. The molecule has 0 fully saturated rings. The van der Waals surface area contributed by atoms with Crippen LogP contribution in [-0.4, -0.2) is 0 Å². The fourth-order valence-corrected chi connectivity index (χ4v) is 4.00. The summed E-state index contributed by atoms with van der Waals surface area (Å²) in [5, 5.41) is 0. The van der Waals surface area contributed by atoms with Crippen LogP contribution < -0.4 is 0 Å². The molecule has 3 aromatic carbocycles. The highest BCUT2D eigenvalue weighted by Gasteiger charge is 2.36. The summed E-state index contributed by atoms with van der Waals surface area (Å²) in [4.78, 5) is 0. The van der Waals surface area contributed by atoms with Gasteiger partial charge in [0.25, 0.3) is 0 Å². The van der Waals surface area contributed by atoms with Crippen LogP contribution >= 0.6 is 0 Å². The van der Waals surface area contributed by atoms with Crippen molar-refractivity contribution in [1.29, 1.82) is 0 Å². The lowest BCUT2D eigenvalue weighted by atomic mass is 9.67. The van der Waals surface area contributed by atoms with Gasteiger partial charge in [-0.15, -0.1) is 0 Å². The predicted octanol–water partition coefficient (Wildman–Crippen LogP) is 6.35. The smallest absolute Gasteiger partial charge is 0.0272 e. The van der Waals surface area contributed by atoms with E-state index in [1.807, 2.05) is 0 Å². The third kappa shape index (κ3) is 3.15. The van der Waals surface area contributed by atoms with Gasteiger partial charge in [0.2, 0.25) is 0 Å². The molecule has 1 unspecified atom stereocenters. The zero-order valence-electron chi connectivity index (χ0n) is 15.2. The molecule has 4 rings (SSSR count). The molecule has 1 atom stereocenters. The average molecular weight is 336 g/mol. The molecule has 0 spiro atoms. The zero-order chi connectivity index (χ0) is 17.8. The van der Waals surface area contributed by atoms with Gasteiger partial charge in [-0.05, 0) is 28.7 Å². The predicted molar refractivity (Wildman–Crippen MR) is 110 cm³/mol. The summed E-state index contributed by atoms with van der Waals surface area (Å²) in [6.07, 6.45) is 8.13. The van der Waals surface area contributed by atoms with Crippen molar-refractivity contribution >= 4 is 0 Å². The first-order valence-corrected chi connectivity index (χ1v) is 9.31. The first kappa shape index (κ1) is 16.6. The first-order chi connectivity index (χ1) is 12.8. The second-order valence-electron chi connectivity index (χ2n) is 7.22. The van der Waals surface area contributed by atoms with Crippen LogP contribution in [0.15, 0.2) is 115 Å². The van der Waals surface area contributed by atoms with Crippen LogP contribution in [0.4, 0.5) is 0 Å². The Bertz CT molecular complexity index is 863. The van der Waals surface area contributed by atoms with Gasteiger partial charge in [-0.2, -0.15) is 0 Å². The van der Waals surface area contributed by atoms with E-state index < -0.39 is 0 Å². The van der Waals surface area contributed by atoms with Gasteiger partial charge in [0.1, 0.15) is 0 Å². The molecule has 0 saturated heterocycles. The molecule has 0 saturated carbocycles. The van der Waals surface area contributed by atoms with Gasteiger partial charge in [0.05, 0.1) is 0 Å². The van der Waals surface area contributed by atoms with E-state index in [0.29, 0.717) is 5.92 Å². The summed E-state index contributed by atoms with van der Waals surface area (Å²) >= 11 is 0. The summed E-state index contributed by atoms with van der Waals surface area (Å²) in [7, 11) is 0. The van der Waals surface area contributed by atoms with Crippen LogP contribution in [0, 0.1) is 5.92 Å². The Kier molecular flexibility index (Phi) is 4.58. The highest BCUT2D eigenvalue weighted by Crippen LogP contribution is 2.43. The molecule has 0 bridgehead atoms. The Morgan fingerprint density at radius 3 is 1.73 bits per heavy atom. The molecule has 0 radical (unpaired) electrons. The second kappa shape index (κ2) is 7.17. The summed E-state index contributed by atoms with van der Waals surface area (Å²) in [6.45, 7) is 2.37. The lowest BCUT2D eigenvalue weighted by Crippen LogP contribution is -2.30. The van der Waals surface area contributed by atoms with E-state index in [9.17, 15) is 0 Å². The van der Waals surface area contributed by atoms with Crippen LogP contribution in [0.3, 0.4) is 0 Å². The number of hydrogen-bond donors (Lipinski definition) is 0. The number of hydrogen-bond acceptors (Lipinski definition) is 0. The Balaban J connectivity index is 1.71. The fraction of sp³-hybridized carbons (Fsp3) is 0.154. The van der Waals surface area contributed by atoms with Gasteiger partial charge in [-0.25, -0.2) is 0 Å². The SMILES string of the molecule is CC(c1ccccc1)(c1ccccc1)C1C=CC(Cc2ccccc2)=C1. The summed E-state index contributed by atoms with van der Waals surface area (Å²) in [5.74, 6) is 0.353. The van der Waals surface area contributed by atoms with Crippen molar-refractivity contribution in [2.24, 2.45) is 5.92 Å². The van der Waals surface area contributed by atoms with E-state index in [-0.39, 0.29) is 5.41 Å². The summed E-state index contributed by atoms with van der Waals surface area (Å²) < 4.78 is 0. The molecular formula is C26H24. The number of rotatable bonds is 5. The molecule has 0 aliphatic heterocycles. The van der Waals surface area contributed by atoms with Crippen molar-refractivity contribution in [1.82, 2.24) is 0 Å². The Hall–Kier alpha value is -2.86. The molecule has 128 valence electrons. The minimum atomic E-state index is -0.0720.